The number of carbonyl (C=O) groups is 4. The molecule has 7 N–H and O–H groups in total. The summed E-state index contributed by atoms with van der Waals surface area (Å²) in [7, 11) is 0. The number of aromatic amines is 1. The Kier molecular flexibility index (Phi) is 8.62. The molecule has 1 fully saturated rings. The smallest absolute Gasteiger partial charge is 0.330 e. The number of ether oxygens (including phenoxy) is 1. The number of halogens is 1. The van der Waals surface area contributed by atoms with Crippen molar-refractivity contribution in [3.8, 4) is 0 Å². The maximum absolute atomic E-state index is 13.8. The summed E-state index contributed by atoms with van der Waals surface area (Å²) >= 11 is 0. The minimum absolute atomic E-state index is 0.0320. The van der Waals surface area contributed by atoms with Crippen molar-refractivity contribution in [1.29, 1.82) is 5.41 Å². The van der Waals surface area contributed by atoms with E-state index in [1.807, 2.05) is 0 Å². The summed E-state index contributed by atoms with van der Waals surface area (Å²) in [6, 6.07) is 10.7. The number of hydrogen-bond donors (Lipinski definition) is 6. The Morgan fingerprint density at radius 3 is 2.60 bits per heavy atom. The zero-order chi connectivity index (χ0) is 28.8. The van der Waals surface area contributed by atoms with Gasteiger partial charge >= 0.3 is 12.0 Å². The molecule has 0 radical (unpaired) electrons. The van der Waals surface area contributed by atoms with Gasteiger partial charge in [-0.15, -0.1) is 0 Å². The van der Waals surface area contributed by atoms with Crippen LogP contribution >= 0.6 is 0 Å². The first-order valence-electron chi connectivity index (χ1n) is 12.7. The molecule has 0 aliphatic carbocycles. The van der Waals surface area contributed by atoms with Crippen molar-refractivity contribution in [2.24, 2.45) is 5.73 Å². The minimum Gasteiger partial charge on any atom is -0.464 e. The van der Waals surface area contributed by atoms with Gasteiger partial charge in [-0.2, -0.15) is 0 Å². The SMILES string of the molecule is CCOC(=O)C(CNC(=O)NC1CCN(c2ccc(C(=N)N)cc2)C1=O)NC(=O)c1[nH]c2ccccc2c1CF. The largest absolute Gasteiger partial charge is 0.464 e. The fourth-order valence-corrected chi connectivity index (χ4v) is 4.49. The van der Waals surface area contributed by atoms with Crippen molar-refractivity contribution < 1.29 is 28.3 Å². The van der Waals surface area contributed by atoms with Gasteiger partial charge in [0.25, 0.3) is 5.91 Å². The number of esters is 1. The number of benzene rings is 2. The lowest BCUT2D eigenvalue weighted by Crippen LogP contribution is -2.53. The van der Waals surface area contributed by atoms with Crippen LogP contribution in [0.1, 0.15) is 35.0 Å². The molecule has 210 valence electrons. The Morgan fingerprint density at radius 2 is 1.93 bits per heavy atom. The Labute approximate surface area is 228 Å². The first-order chi connectivity index (χ1) is 19.2. The third-order valence-corrected chi connectivity index (χ3v) is 6.52. The molecule has 1 aromatic heterocycles. The standard InChI is InChI=1S/C27H30FN7O5/c1-2-40-26(38)21(33-24(36)22-18(13-28)17-5-3-4-6-19(17)32-22)14-31-27(39)34-20-11-12-35(25(20)37)16-9-7-15(8-10-16)23(29)30/h3-10,20-21,32H,2,11-14H2,1H3,(H3,29,30)(H,33,36)(H2,31,34,39). The molecule has 12 nitrogen and oxygen atoms in total. The van der Waals surface area contributed by atoms with Crippen molar-refractivity contribution in [2.75, 3.05) is 24.6 Å². The Bertz CT molecular complexity index is 1440. The molecular weight excluding hydrogens is 521 g/mol. The topological polar surface area (TPSA) is 182 Å². The van der Waals surface area contributed by atoms with Crippen LogP contribution in [0.5, 0.6) is 0 Å². The molecule has 2 unspecified atom stereocenters. The van der Waals surface area contributed by atoms with E-state index in [9.17, 15) is 23.6 Å². The van der Waals surface area contributed by atoms with Crippen LogP contribution in [0.3, 0.4) is 0 Å². The van der Waals surface area contributed by atoms with E-state index in [1.165, 1.54) is 4.90 Å². The van der Waals surface area contributed by atoms with Crippen LogP contribution in [0.2, 0.25) is 0 Å². The highest BCUT2D eigenvalue weighted by Gasteiger charge is 2.34. The summed E-state index contributed by atoms with van der Waals surface area (Å²) < 4.78 is 18.8. The molecule has 1 saturated heterocycles. The third-order valence-electron chi connectivity index (χ3n) is 6.52. The van der Waals surface area contributed by atoms with Crippen LogP contribution in [-0.4, -0.2) is 66.4 Å². The first-order valence-corrected chi connectivity index (χ1v) is 12.7. The lowest BCUT2D eigenvalue weighted by Gasteiger charge is -2.20. The van der Waals surface area contributed by atoms with Crippen molar-refractivity contribution in [3.63, 3.8) is 0 Å². The number of nitrogens with zero attached hydrogens (tertiary/aromatic N) is 1. The molecule has 0 saturated carbocycles. The van der Waals surface area contributed by atoms with E-state index in [4.69, 9.17) is 15.9 Å². The fraction of sp³-hybridized carbons (Fsp3) is 0.296. The number of urea groups is 1. The fourth-order valence-electron chi connectivity index (χ4n) is 4.49. The molecule has 2 atom stereocenters. The number of amides is 4. The predicted molar refractivity (Wildman–Crippen MR) is 146 cm³/mol. The third kappa shape index (κ3) is 6.03. The van der Waals surface area contributed by atoms with Crippen molar-refractivity contribution in [3.05, 3.63) is 65.4 Å². The van der Waals surface area contributed by atoms with E-state index < -0.39 is 36.7 Å². The normalized spacial score (nSPS) is 15.5. The molecule has 40 heavy (non-hydrogen) atoms. The van der Waals surface area contributed by atoms with Crippen LogP contribution < -0.4 is 26.6 Å². The Morgan fingerprint density at radius 1 is 1.20 bits per heavy atom. The van der Waals surface area contributed by atoms with Gasteiger partial charge in [0.15, 0.2) is 0 Å². The molecule has 1 aliphatic rings. The van der Waals surface area contributed by atoms with Crippen LogP contribution in [0.25, 0.3) is 10.9 Å². The highest BCUT2D eigenvalue weighted by atomic mass is 19.1. The molecular formula is C27H30FN7O5. The number of para-hydroxylation sites is 1. The van der Waals surface area contributed by atoms with Gasteiger partial charge in [-0.25, -0.2) is 14.0 Å². The number of nitrogens with one attached hydrogen (secondary N) is 5. The number of anilines is 1. The van der Waals surface area contributed by atoms with E-state index in [0.717, 1.165) is 0 Å². The second-order valence-corrected chi connectivity index (χ2v) is 9.08. The molecule has 4 rings (SSSR count). The lowest BCUT2D eigenvalue weighted by molar-refractivity contribution is -0.145. The van der Waals surface area contributed by atoms with Crippen molar-refractivity contribution in [1.82, 2.24) is 20.9 Å². The Hall–Kier alpha value is -4.94. The highest BCUT2D eigenvalue weighted by molar-refractivity contribution is 6.03. The van der Waals surface area contributed by atoms with Gasteiger partial charge < -0.3 is 36.3 Å². The van der Waals surface area contributed by atoms with E-state index in [0.29, 0.717) is 35.1 Å². The summed E-state index contributed by atoms with van der Waals surface area (Å²) in [5.41, 5.74) is 7.29. The van der Waals surface area contributed by atoms with Gasteiger partial charge in [0.1, 0.15) is 30.3 Å². The second-order valence-electron chi connectivity index (χ2n) is 9.08. The van der Waals surface area contributed by atoms with E-state index in [1.54, 1.807) is 55.5 Å². The number of carbonyl (C=O) groups excluding carboxylic acids is 4. The maximum atomic E-state index is 13.8. The van der Waals surface area contributed by atoms with Gasteiger partial charge in [-0.3, -0.25) is 15.0 Å². The van der Waals surface area contributed by atoms with E-state index in [2.05, 4.69) is 20.9 Å². The lowest BCUT2D eigenvalue weighted by atomic mass is 10.1. The van der Waals surface area contributed by atoms with Gasteiger partial charge in [-0.1, -0.05) is 18.2 Å². The van der Waals surface area contributed by atoms with Gasteiger partial charge in [-0.05, 0) is 43.7 Å². The number of alkyl halides is 1. The molecule has 3 aromatic rings. The maximum Gasteiger partial charge on any atom is 0.330 e. The van der Waals surface area contributed by atoms with Crippen LogP contribution in [0.15, 0.2) is 48.5 Å². The number of amidine groups is 1. The molecule has 2 heterocycles. The van der Waals surface area contributed by atoms with Crippen LogP contribution in [0, 0.1) is 5.41 Å². The average Bonchev–Trinajstić information content (AvgIpc) is 3.51. The van der Waals surface area contributed by atoms with Crippen LogP contribution in [0.4, 0.5) is 14.9 Å². The Balaban J connectivity index is 1.37. The molecule has 0 spiro atoms. The zero-order valence-electron chi connectivity index (χ0n) is 21.8. The first kappa shape index (κ1) is 28.1. The summed E-state index contributed by atoms with van der Waals surface area (Å²) in [5.74, 6) is -1.93. The summed E-state index contributed by atoms with van der Waals surface area (Å²) in [6.45, 7) is 0.774. The quantitative estimate of drug-likeness (QED) is 0.127. The molecule has 13 heteroatoms. The number of rotatable bonds is 10. The van der Waals surface area contributed by atoms with Gasteiger partial charge in [0, 0.05) is 34.3 Å². The summed E-state index contributed by atoms with van der Waals surface area (Å²) in [4.78, 5) is 55.4. The number of fused-ring (bicyclic) bond motifs is 1. The summed E-state index contributed by atoms with van der Waals surface area (Å²) in [5, 5.41) is 15.6. The second kappa shape index (κ2) is 12.3. The van der Waals surface area contributed by atoms with Crippen LogP contribution in [-0.2, 0) is 21.0 Å². The zero-order valence-corrected chi connectivity index (χ0v) is 21.8. The minimum atomic E-state index is -1.27. The number of nitrogens with two attached hydrogens (primary N) is 1. The highest BCUT2D eigenvalue weighted by Crippen LogP contribution is 2.24. The molecule has 0 bridgehead atoms. The van der Waals surface area contributed by atoms with Crippen molar-refractivity contribution >= 4 is 46.2 Å². The molecule has 1 aliphatic heterocycles. The average molecular weight is 552 g/mol. The van der Waals surface area contributed by atoms with Gasteiger partial charge in [0.2, 0.25) is 5.91 Å². The van der Waals surface area contributed by atoms with E-state index >= 15 is 0 Å². The molecule has 4 amide bonds. The predicted octanol–water partition coefficient (Wildman–Crippen LogP) is 1.69. The van der Waals surface area contributed by atoms with Crippen molar-refractivity contribution in [2.45, 2.75) is 32.1 Å². The monoisotopic (exact) mass is 551 g/mol. The number of nitrogen functional groups attached to an aromatic ring is 1. The van der Waals surface area contributed by atoms with E-state index in [-0.39, 0.29) is 36.2 Å². The summed E-state index contributed by atoms with van der Waals surface area (Å²) in [6.07, 6.45) is 0.352. The number of H-pyrrole nitrogens is 1. The molecule has 2 aromatic carbocycles. The number of hydrogen-bond acceptors (Lipinski definition) is 6. The number of aromatic nitrogens is 1. The van der Waals surface area contributed by atoms with Gasteiger partial charge in [0.05, 0.1) is 13.2 Å².